The van der Waals surface area contributed by atoms with Gasteiger partial charge in [-0.15, -0.1) is 0 Å². The van der Waals surface area contributed by atoms with Crippen LogP contribution in [0.2, 0.25) is 0 Å². The molecule has 0 saturated heterocycles. The summed E-state index contributed by atoms with van der Waals surface area (Å²) in [6.07, 6.45) is 39.5. The van der Waals surface area contributed by atoms with E-state index in [2.05, 4.69) is 43.5 Å². The lowest BCUT2D eigenvalue weighted by atomic mass is 10.0. The summed E-state index contributed by atoms with van der Waals surface area (Å²) in [5, 5.41) is 22.8. The molecule has 4 heteroatoms. The third kappa shape index (κ3) is 28.4. The van der Waals surface area contributed by atoms with Gasteiger partial charge in [0.2, 0.25) is 5.91 Å². The van der Waals surface area contributed by atoms with Crippen LogP contribution in [0.4, 0.5) is 0 Å². The Bertz CT molecular complexity index is 574. The molecule has 0 aliphatic carbocycles. The van der Waals surface area contributed by atoms with Crippen molar-refractivity contribution in [1.29, 1.82) is 0 Å². The molecule has 40 heavy (non-hydrogen) atoms. The molecule has 0 heterocycles. The molecule has 2 atom stereocenters. The van der Waals surface area contributed by atoms with Crippen molar-refractivity contribution in [1.82, 2.24) is 5.32 Å². The van der Waals surface area contributed by atoms with Gasteiger partial charge in [0.1, 0.15) is 0 Å². The number of hydrogen-bond donors (Lipinski definition) is 3. The second-order valence-corrected chi connectivity index (χ2v) is 11.9. The van der Waals surface area contributed by atoms with Crippen molar-refractivity contribution in [3.63, 3.8) is 0 Å². The lowest BCUT2D eigenvalue weighted by Gasteiger charge is -2.22. The highest BCUT2D eigenvalue weighted by atomic mass is 16.3. The summed E-state index contributed by atoms with van der Waals surface area (Å²) in [5.74, 6) is -0.0412. The number of hydrogen-bond acceptors (Lipinski definition) is 3. The maximum Gasteiger partial charge on any atom is 0.220 e. The van der Waals surface area contributed by atoms with Gasteiger partial charge in [-0.2, -0.15) is 0 Å². The molecule has 0 aliphatic heterocycles. The van der Waals surface area contributed by atoms with E-state index in [1.807, 2.05) is 0 Å². The van der Waals surface area contributed by atoms with Crippen LogP contribution in [0.15, 0.2) is 24.3 Å². The summed E-state index contributed by atoms with van der Waals surface area (Å²) in [4.78, 5) is 12.3. The molecular weight excluding hydrogens is 494 g/mol. The largest absolute Gasteiger partial charge is 0.394 e. The number of nitrogens with one attached hydrogen (secondary N) is 1. The van der Waals surface area contributed by atoms with E-state index in [-0.39, 0.29) is 12.5 Å². The van der Waals surface area contributed by atoms with Crippen molar-refractivity contribution in [3.05, 3.63) is 24.3 Å². The Balaban J connectivity index is 3.52. The quantitative estimate of drug-likeness (QED) is 0.0580. The average molecular weight is 564 g/mol. The van der Waals surface area contributed by atoms with E-state index in [0.29, 0.717) is 12.8 Å². The Labute approximate surface area is 249 Å². The van der Waals surface area contributed by atoms with Crippen LogP contribution < -0.4 is 5.32 Å². The highest BCUT2D eigenvalue weighted by Crippen LogP contribution is 2.13. The first kappa shape index (κ1) is 38.9. The van der Waals surface area contributed by atoms with Crippen molar-refractivity contribution < 1.29 is 15.0 Å². The smallest absolute Gasteiger partial charge is 0.220 e. The molecule has 0 aromatic rings. The van der Waals surface area contributed by atoms with Crippen LogP contribution in [0.25, 0.3) is 0 Å². The van der Waals surface area contributed by atoms with Gasteiger partial charge in [-0.1, -0.05) is 154 Å². The number of carbonyl (C=O) groups excluding carboxylic acids is 1. The number of allylic oxidation sites excluding steroid dienone is 4. The maximum absolute atomic E-state index is 12.3. The van der Waals surface area contributed by atoms with Gasteiger partial charge in [0.15, 0.2) is 0 Å². The molecule has 236 valence electrons. The van der Waals surface area contributed by atoms with E-state index < -0.39 is 12.1 Å². The molecule has 0 spiro atoms. The number of rotatable bonds is 31. The molecule has 0 aromatic heterocycles. The van der Waals surface area contributed by atoms with Gasteiger partial charge in [-0.05, 0) is 44.9 Å². The van der Waals surface area contributed by atoms with Crippen molar-refractivity contribution in [2.75, 3.05) is 6.61 Å². The molecular formula is C36H69NO3. The second kappa shape index (κ2) is 32.4. The van der Waals surface area contributed by atoms with E-state index in [4.69, 9.17) is 0 Å². The lowest BCUT2D eigenvalue weighted by Crippen LogP contribution is -2.45. The van der Waals surface area contributed by atoms with Gasteiger partial charge >= 0.3 is 0 Å². The van der Waals surface area contributed by atoms with E-state index in [1.54, 1.807) is 0 Å². The topological polar surface area (TPSA) is 69.6 Å². The molecule has 2 unspecified atom stereocenters. The standard InChI is InChI=1S/C36H69NO3/c1-3-5-7-9-11-12-13-14-15-16-17-18-19-20-21-22-23-24-26-28-30-32-36(40)37-34(33-38)35(39)31-29-27-25-10-8-6-4-2/h13-14,16-17,34-35,38-39H,3-12,15,18-33H2,1-2H3,(H,37,40)/b14-13-,17-16-. The zero-order chi connectivity index (χ0) is 29.4. The van der Waals surface area contributed by atoms with Crippen LogP contribution in [-0.4, -0.2) is 34.9 Å². The number of aliphatic hydroxyl groups is 2. The molecule has 0 bridgehead atoms. The predicted molar refractivity (Wildman–Crippen MR) is 175 cm³/mol. The van der Waals surface area contributed by atoms with Gasteiger partial charge < -0.3 is 15.5 Å². The summed E-state index contributed by atoms with van der Waals surface area (Å²) in [7, 11) is 0. The highest BCUT2D eigenvalue weighted by molar-refractivity contribution is 5.76. The molecule has 0 rings (SSSR count). The fraction of sp³-hybridized carbons (Fsp3) is 0.861. The summed E-state index contributed by atoms with van der Waals surface area (Å²) in [5.41, 5.74) is 0. The van der Waals surface area contributed by atoms with Crippen LogP contribution in [0.3, 0.4) is 0 Å². The third-order valence-electron chi connectivity index (χ3n) is 7.97. The van der Waals surface area contributed by atoms with Crippen LogP contribution in [0.5, 0.6) is 0 Å². The van der Waals surface area contributed by atoms with E-state index in [1.165, 1.54) is 122 Å². The summed E-state index contributed by atoms with van der Waals surface area (Å²) in [6, 6.07) is -0.533. The molecule has 1 amide bonds. The SMILES string of the molecule is CCCCCCC/C=C\C/C=C\CCCCCCCCCCCC(=O)NC(CO)C(O)CCCCCCCCC. The normalized spacial score (nSPS) is 13.4. The van der Waals surface area contributed by atoms with Gasteiger partial charge in [-0.3, -0.25) is 4.79 Å². The molecule has 0 saturated carbocycles. The van der Waals surface area contributed by atoms with E-state index in [9.17, 15) is 15.0 Å². The van der Waals surface area contributed by atoms with Gasteiger partial charge in [0, 0.05) is 6.42 Å². The Morgan fingerprint density at radius 3 is 1.50 bits per heavy atom. The first-order valence-electron chi connectivity index (χ1n) is 17.5. The monoisotopic (exact) mass is 564 g/mol. The zero-order valence-electron chi connectivity index (χ0n) is 26.9. The molecule has 0 aliphatic rings. The summed E-state index contributed by atoms with van der Waals surface area (Å²) >= 11 is 0. The van der Waals surface area contributed by atoms with E-state index in [0.717, 1.165) is 32.1 Å². The first-order valence-corrected chi connectivity index (χ1v) is 17.5. The Morgan fingerprint density at radius 1 is 0.600 bits per heavy atom. The van der Waals surface area contributed by atoms with E-state index >= 15 is 0 Å². The van der Waals surface area contributed by atoms with Crippen molar-refractivity contribution >= 4 is 5.91 Å². The number of unbranched alkanes of at least 4 members (excludes halogenated alkanes) is 20. The fourth-order valence-corrected chi connectivity index (χ4v) is 5.21. The minimum absolute atomic E-state index is 0.0412. The second-order valence-electron chi connectivity index (χ2n) is 11.9. The van der Waals surface area contributed by atoms with Crippen molar-refractivity contribution in [2.24, 2.45) is 0 Å². The molecule has 0 radical (unpaired) electrons. The summed E-state index contributed by atoms with van der Waals surface area (Å²) < 4.78 is 0. The number of amides is 1. The van der Waals surface area contributed by atoms with Crippen molar-refractivity contribution in [3.8, 4) is 0 Å². The van der Waals surface area contributed by atoms with Crippen LogP contribution in [0.1, 0.15) is 181 Å². The number of aliphatic hydroxyl groups excluding tert-OH is 2. The third-order valence-corrected chi connectivity index (χ3v) is 7.97. The lowest BCUT2D eigenvalue weighted by molar-refractivity contribution is -0.123. The zero-order valence-corrected chi connectivity index (χ0v) is 26.9. The minimum Gasteiger partial charge on any atom is -0.394 e. The first-order chi connectivity index (χ1) is 19.7. The van der Waals surface area contributed by atoms with Gasteiger partial charge in [0.05, 0.1) is 18.8 Å². The predicted octanol–water partition coefficient (Wildman–Crippen LogP) is 10.1. The Hall–Kier alpha value is -1.13. The highest BCUT2D eigenvalue weighted by Gasteiger charge is 2.19. The number of carbonyl (C=O) groups is 1. The minimum atomic E-state index is -0.655. The van der Waals surface area contributed by atoms with Crippen LogP contribution in [0, 0.1) is 0 Å². The van der Waals surface area contributed by atoms with Gasteiger partial charge in [-0.25, -0.2) is 0 Å². The van der Waals surface area contributed by atoms with Crippen molar-refractivity contribution in [2.45, 2.75) is 193 Å². The molecule has 3 N–H and O–H groups in total. The Kier molecular flexibility index (Phi) is 31.5. The van der Waals surface area contributed by atoms with Gasteiger partial charge in [0.25, 0.3) is 0 Å². The molecule has 4 nitrogen and oxygen atoms in total. The van der Waals surface area contributed by atoms with Crippen LogP contribution >= 0.6 is 0 Å². The average Bonchev–Trinajstić information content (AvgIpc) is 2.96. The fourth-order valence-electron chi connectivity index (χ4n) is 5.21. The molecule has 0 fully saturated rings. The maximum atomic E-state index is 12.3. The molecule has 0 aromatic carbocycles. The summed E-state index contributed by atoms with van der Waals surface area (Å²) in [6.45, 7) is 4.29. The van der Waals surface area contributed by atoms with Crippen LogP contribution in [-0.2, 0) is 4.79 Å². The Morgan fingerprint density at radius 2 is 1.02 bits per heavy atom.